The number of nitrogens with two attached hydrogens (primary N) is 2. The lowest BCUT2D eigenvalue weighted by atomic mass is 9.91. The molecule has 0 aliphatic heterocycles. The number of unbranched alkanes of at least 4 members (excludes halogenated alkanes) is 2. The van der Waals surface area contributed by atoms with E-state index in [2.05, 4.69) is 26.6 Å². The molecule has 0 spiro atoms. The Morgan fingerprint density at radius 1 is 0.811 bits per heavy atom. The van der Waals surface area contributed by atoms with E-state index in [1.165, 1.54) is 0 Å². The molecular weight excluding hydrogens is 477 g/mol. The van der Waals surface area contributed by atoms with E-state index >= 15 is 0 Å². The molecule has 0 aliphatic rings. The fourth-order valence-corrected chi connectivity index (χ4v) is 3.49. The van der Waals surface area contributed by atoms with Crippen LogP contribution in [0.4, 0.5) is 0 Å². The van der Waals surface area contributed by atoms with Gasteiger partial charge < -0.3 is 42.8 Å². The SMILES string of the molecule is [B]C(=O)[C@H](CCCCN)NC(=O)[C@H](CCCCNC(=O)[C@H](C)NC)NC(=O)[C@H](CCC(N)=O)NCCC. The largest absolute Gasteiger partial charge is 0.370 e. The molecule has 0 heterocycles. The fraction of sp³-hybridized carbons (Fsp3) is 0.792. The Morgan fingerprint density at radius 2 is 1.41 bits per heavy atom. The third kappa shape index (κ3) is 16.1. The number of rotatable bonds is 22. The zero-order valence-electron chi connectivity index (χ0n) is 22.6. The number of carbonyl (C=O) groups excluding carboxylic acids is 5. The third-order valence-electron chi connectivity index (χ3n) is 5.92. The summed E-state index contributed by atoms with van der Waals surface area (Å²) in [5, 5.41) is 14.1. The van der Waals surface area contributed by atoms with Crippen molar-refractivity contribution >= 4 is 37.2 Å². The minimum atomic E-state index is -0.935. The van der Waals surface area contributed by atoms with Gasteiger partial charge in [-0.2, -0.15) is 0 Å². The van der Waals surface area contributed by atoms with E-state index in [4.69, 9.17) is 19.3 Å². The van der Waals surface area contributed by atoms with Gasteiger partial charge in [-0.05, 0) is 78.4 Å². The summed E-state index contributed by atoms with van der Waals surface area (Å²) in [5.74, 6) is -1.63. The Hall–Kier alpha value is -2.51. The minimum Gasteiger partial charge on any atom is -0.370 e. The molecule has 4 amide bonds. The maximum absolute atomic E-state index is 13.1. The van der Waals surface area contributed by atoms with Crippen molar-refractivity contribution in [3.63, 3.8) is 0 Å². The van der Waals surface area contributed by atoms with Crippen molar-refractivity contribution in [1.29, 1.82) is 0 Å². The smallest absolute Gasteiger partial charge is 0.243 e. The number of amides is 4. The van der Waals surface area contributed by atoms with Crippen LogP contribution >= 0.6 is 0 Å². The second-order valence-corrected chi connectivity index (χ2v) is 9.12. The average molecular weight is 523 g/mol. The molecule has 0 aromatic carbocycles. The standard InChI is InChI=1S/C24H46BN7O5/c1-4-14-29-18(11-12-20(27)33)23(36)32-19(10-6-8-15-30-22(35)16(2)28-3)24(37)31-17(21(25)34)9-5-7-13-26/h16-19,28-29H,4-15,26H2,1-3H3,(H2,27,33)(H,30,35)(H,31,37)(H,32,36)/t16-,17-,18-,19-/m0/s1. The van der Waals surface area contributed by atoms with E-state index < -0.39 is 41.5 Å². The highest BCUT2D eigenvalue weighted by atomic mass is 16.2. The van der Waals surface area contributed by atoms with Gasteiger partial charge >= 0.3 is 0 Å². The molecule has 0 rings (SSSR count). The quantitative estimate of drug-likeness (QED) is 0.0644. The van der Waals surface area contributed by atoms with Gasteiger partial charge in [0.25, 0.3) is 0 Å². The molecule has 0 aromatic rings. The lowest BCUT2D eigenvalue weighted by molar-refractivity contribution is -0.131. The fourth-order valence-electron chi connectivity index (χ4n) is 3.49. The summed E-state index contributed by atoms with van der Waals surface area (Å²) >= 11 is 0. The number of nitrogens with one attached hydrogen (secondary N) is 5. The molecule has 0 bridgehead atoms. The van der Waals surface area contributed by atoms with Gasteiger partial charge in [0.05, 0.1) is 23.8 Å². The van der Waals surface area contributed by atoms with Crippen molar-refractivity contribution in [3.05, 3.63) is 0 Å². The Labute approximate surface area is 222 Å². The Balaban J connectivity index is 5.31. The van der Waals surface area contributed by atoms with E-state index in [1.807, 2.05) is 6.92 Å². The number of hydrogen-bond acceptors (Lipinski definition) is 8. The van der Waals surface area contributed by atoms with Gasteiger partial charge in [-0.25, -0.2) is 0 Å². The van der Waals surface area contributed by atoms with Crippen molar-refractivity contribution in [3.8, 4) is 0 Å². The first-order valence-corrected chi connectivity index (χ1v) is 13.1. The molecule has 210 valence electrons. The zero-order valence-corrected chi connectivity index (χ0v) is 22.6. The normalized spacial score (nSPS) is 14.2. The predicted octanol–water partition coefficient (Wildman–Crippen LogP) is -1.69. The van der Waals surface area contributed by atoms with Gasteiger partial charge in [0.15, 0.2) is 7.85 Å². The Morgan fingerprint density at radius 3 is 1.97 bits per heavy atom. The Bertz CT molecular complexity index is 726. The number of primary amides is 1. The van der Waals surface area contributed by atoms with Crippen molar-refractivity contribution < 1.29 is 24.0 Å². The Kier molecular flexibility index (Phi) is 19.2. The molecule has 0 saturated carbocycles. The lowest BCUT2D eigenvalue weighted by Gasteiger charge is -2.25. The van der Waals surface area contributed by atoms with Gasteiger partial charge in [0, 0.05) is 13.0 Å². The van der Waals surface area contributed by atoms with Gasteiger partial charge in [-0.1, -0.05) is 6.92 Å². The van der Waals surface area contributed by atoms with Gasteiger partial charge in [0.1, 0.15) is 6.04 Å². The van der Waals surface area contributed by atoms with Crippen molar-refractivity contribution in [2.24, 2.45) is 11.5 Å². The predicted molar refractivity (Wildman–Crippen MR) is 143 cm³/mol. The number of hydrogen-bond donors (Lipinski definition) is 7. The minimum absolute atomic E-state index is 0.0152. The van der Waals surface area contributed by atoms with Crippen LogP contribution in [0.2, 0.25) is 0 Å². The molecular formula is C24H46BN7O5. The van der Waals surface area contributed by atoms with Crippen LogP contribution in [0.1, 0.15) is 71.6 Å². The highest BCUT2D eigenvalue weighted by molar-refractivity contribution is 6.59. The molecule has 0 saturated heterocycles. The summed E-state index contributed by atoms with van der Waals surface area (Å²) in [6, 6.07) is -2.85. The molecule has 2 radical (unpaired) electrons. The molecule has 37 heavy (non-hydrogen) atoms. The van der Waals surface area contributed by atoms with E-state index in [9.17, 15) is 24.0 Å². The van der Waals surface area contributed by atoms with E-state index in [0.717, 1.165) is 6.42 Å². The number of carbonyl (C=O) groups is 5. The summed E-state index contributed by atoms with van der Waals surface area (Å²) < 4.78 is 0. The first-order valence-electron chi connectivity index (χ1n) is 13.1. The molecule has 0 unspecified atom stereocenters. The van der Waals surface area contributed by atoms with Crippen molar-refractivity contribution in [1.82, 2.24) is 26.6 Å². The van der Waals surface area contributed by atoms with Gasteiger partial charge in [0.2, 0.25) is 23.6 Å². The molecule has 13 heteroatoms. The summed E-state index contributed by atoms with van der Waals surface area (Å²) in [6.07, 6.45) is 3.99. The van der Waals surface area contributed by atoms with Crippen LogP contribution < -0.4 is 38.1 Å². The van der Waals surface area contributed by atoms with Crippen LogP contribution in [0, 0.1) is 0 Å². The van der Waals surface area contributed by atoms with Crippen molar-refractivity contribution in [2.45, 2.75) is 95.8 Å². The van der Waals surface area contributed by atoms with Crippen LogP contribution in [0.5, 0.6) is 0 Å². The molecule has 0 aromatic heterocycles. The summed E-state index contributed by atoms with van der Waals surface area (Å²) in [5.41, 5.74) is 10.1. The van der Waals surface area contributed by atoms with Crippen LogP contribution in [0.15, 0.2) is 0 Å². The maximum Gasteiger partial charge on any atom is 0.243 e. The molecule has 0 aliphatic carbocycles. The van der Waals surface area contributed by atoms with Gasteiger partial charge in [-0.15, -0.1) is 0 Å². The molecule has 9 N–H and O–H groups in total. The van der Waals surface area contributed by atoms with E-state index in [-0.39, 0.29) is 31.2 Å². The second kappa shape index (κ2) is 20.5. The highest BCUT2D eigenvalue weighted by Gasteiger charge is 2.27. The topological polar surface area (TPSA) is 198 Å². The maximum atomic E-state index is 13.1. The second-order valence-electron chi connectivity index (χ2n) is 9.12. The summed E-state index contributed by atoms with van der Waals surface area (Å²) in [7, 11) is 7.16. The first-order chi connectivity index (χ1) is 17.6. The summed E-state index contributed by atoms with van der Waals surface area (Å²) in [4.78, 5) is 61.2. The first kappa shape index (κ1) is 34.5. The monoisotopic (exact) mass is 523 g/mol. The van der Waals surface area contributed by atoms with E-state index in [0.29, 0.717) is 51.7 Å². The van der Waals surface area contributed by atoms with Crippen LogP contribution in [0.3, 0.4) is 0 Å². The molecule has 12 nitrogen and oxygen atoms in total. The average Bonchev–Trinajstić information content (AvgIpc) is 2.86. The van der Waals surface area contributed by atoms with Crippen LogP contribution in [0.25, 0.3) is 0 Å². The third-order valence-corrected chi connectivity index (χ3v) is 5.92. The van der Waals surface area contributed by atoms with Crippen LogP contribution in [-0.4, -0.2) is 88.0 Å². The molecule has 0 fully saturated rings. The molecule has 4 atom stereocenters. The van der Waals surface area contributed by atoms with Crippen molar-refractivity contribution in [2.75, 3.05) is 26.7 Å². The zero-order chi connectivity index (χ0) is 28.2. The summed E-state index contributed by atoms with van der Waals surface area (Å²) in [6.45, 7) is 5.10. The highest BCUT2D eigenvalue weighted by Crippen LogP contribution is 2.07. The van der Waals surface area contributed by atoms with E-state index in [1.54, 1.807) is 14.0 Å². The number of likely N-dealkylation sites (N-methyl/N-ethyl adjacent to an activating group) is 1. The van der Waals surface area contributed by atoms with Crippen LogP contribution in [-0.2, 0) is 24.0 Å². The lowest BCUT2D eigenvalue weighted by Crippen LogP contribution is -2.55. The van der Waals surface area contributed by atoms with Gasteiger partial charge in [-0.3, -0.25) is 19.2 Å².